The summed E-state index contributed by atoms with van der Waals surface area (Å²) in [6.45, 7) is 2.09. The zero-order valence-corrected chi connectivity index (χ0v) is 5.13. The van der Waals surface area contributed by atoms with Gasteiger partial charge in [-0.15, -0.1) is 0 Å². The lowest BCUT2D eigenvalue weighted by Crippen LogP contribution is -2.20. The molecule has 0 heterocycles. The van der Waals surface area contributed by atoms with Gasteiger partial charge in [-0.1, -0.05) is 0 Å². The van der Waals surface area contributed by atoms with E-state index in [0.29, 0.717) is 6.61 Å². The van der Waals surface area contributed by atoms with Gasteiger partial charge in [0, 0.05) is 0 Å². The molecular formula is C4H14N2O2. The largest absolute Gasteiger partial charge is 0.394 e. The van der Waals surface area contributed by atoms with Gasteiger partial charge in [0.2, 0.25) is 0 Å². The molecule has 4 heteroatoms. The minimum Gasteiger partial charge on any atom is -0.394 e. The van der Waals surface area contributed by atoms with Crippen molar-refractivity contribution < 1.29 is 9.84 Å². The van der Waals surface area contributed by atoms with Crippen molar-refractivity contribution in [1.29, 1.82) is 0 Å². The number of hydrogen-bond acceptors (Lipinski definition) is 4. The maximum atomic E-state index is 8.13. The van der Waals surface area contributed by atoms with Crippen LogP contribution in [0.1, 0.15) is 6.92 Å². The van der Waals surface area contributed by atoms with E-state index in [4.69, 9.17) is 15.6 Å². The fourth-order valence-electron chi connectivity index (χ4n) is 0.239. The molecule has 52 valence electrons. The number of hydrogen-bond donors (Lipinski definition) is 3. The fraction of sp³-hybridized carbons (Fsp3) is 1.00. The summed E-state index contributed by atoms with van der Waals surface area (Å²) in [7, 11) is 0. The second kappa shape index (κ2) is 6.84. The maximum Gasteiger partial charge on any atom is 0.102 e. The molecule has 0 aliphatic rings. The van der Waals surface area contributed by atoms with Crippen molar-refractivity contribution >= 4 is 0 Å². The molecule has 8 heavy (non-hydrogen) atoms. The molecule has 0 bridgehead atoms. The third-order valence-electron chi connectivity index (χ3n) is 0.472. The van der Waals surface area contributed by atoms with E-state index >= 15 is 0 Å². The summed E-state index contributed by atoms with van der Waals surface area (Å²) in [5, 5.41) is 8.13. The highest BCUT2D eigenvalue weighted by Crippen LogP contribution is 1.75. The van der Waals surface area contributed by atoms with Gasteiger partial charge in [0.25, 0.3) is 0 Å². The predicted octanol–water partition coefficient (Wildman–Crippen LogP) is -0.538. The first-order valence-corrected chi connectivity index (χ1v) is 2.25. The molecule has 1 atom stereocenters. The summed E-state index contributed by atoms with van der Waals surface area (Å²) in [4.78, 5) is 0. The van der Waals surface area contributed by atoms with E-state index in [1.54, 1.807) is 6.92 Å². The van der Waals surface area contributed by atoms with Gasteiger partial charge < -0.3 is 21.7 Å². The van der Waals surface area contributed by atoms with Gasteiger partial charge in [-0.25, -0.2) is 0 Å². The van der Waals surface area contributed by atoms with Crippen LogP contribution in [0, 0.1) is 0 Å². The lowest BCUT2D eigenvalue weighted by molar-refractivity contribution is 0.0429. The highest BCUT2D eigenvalue weighted by molar-refractivity contribution is 4.31. The molecule has 0 saturated carbocycles. The topological polar surface area (TPSA) is 90.5 Å². The van der Waals surface area contributed by atoms with E-state index in [2.05, 4.69) is 0 Å². The first-order valence-electron chi connectivity index (χ1n) is 2.25. The lowest BCUT2D eigenvalue weighted by atomic mass is 10.7. The lowest BCUT2D eigenvalue weighted by Gasteiger charge is -2.02. The standard InChI is InChI=1S/C4H11NO2.H3N/c1-4(5)7-3-2-6;/h4,6H,2-3,5H2,1H3;1H3. The summed E-state index contributed by atoms with van der Waals surface area (Å²) in [5.74, 6) is 0. The Morgan fingerprint density at radius 3 is 2.38 bits per heavy atom. The van der Waals surface area contributed by atoms with E-state index in [9.17, 15) is 0 Å². The van der Waals surface area contributed by atoms with Gasteiger partial charge >= 0.3 is 0 Å². The van der Waals surface area contributed by atoms with Gasteiger partial charge in [-0.2, -0.15) is 0 Å². The summed E-state index contributed by atoms with van der Waals surface area (Å²) in [6, 6.07) is 0. The molecule has 1 unspecified atom stereocenters. The first kappa shape index (κ1) is 10.8. The maximum absolute atomic E-state index is 8.13. The van der Waals surface area contributed by atoms with Crippen molar-refractivity contribution in [3.05, 3.63) is 0 Å². The average Bonchev–Trinajstić information content (AvgIpc) is 1.61. The molecule has 0 aromatic rings. The Hall–Kier alpha value is -0.160. The molecule has 0 aromatic heterocycles. The summed E-state index contributed by atoms with van der Waals surface area (Å²) >= 11 is 0. The second-order valence-electron chi connectivity index (χ2n) is 1.30. The van der Waals surface area contributed by atoms with Gasteiger partial charge in [0.1, 0.15) is 6.23 Å². The smallest absolute Gasteiger partial charge is 0.102 e. The first-order chi connectivity index (χ1) is 3.27. The fourth-order valence-corrected chi connectivity index (χ4v) is 0.239. The van der Waals surface area contributed by atoms with Crippen LogP contribution in [-0.4, -0.2) is 24.5 Å². The number of rotatable bonds is 3. The Balaban J connectivity index is 0. The monoisotopic (exact) mass is 122 g/mol. The van der Waals surface area contributed by atoms with Crippen molar-refractivity contribution in [2.45, 2.75) is 13.2 Å². The van der Waals surface area contributed by atoms with Crippen molar-refractivity contribution in [2.24, 2.45) is 5.73 Å². The van der Waals surface area contributed by atoms with Crippen molar-refractivity contribution in [3.63, 3.8) is 0 Å². The van der Waals surface area contributed by atoms with Crippen LogP contribution in [0.2, 0.25) is 0 Å². The summed E-state index contributed by atoms with van der Waals surface area (Å²) in [5.41, 5.74) is 5.15. The zero-order valence-electron chi connectivity index (χ0n) is 5.13. The molecule has 0 amide bonds. The zero-order chi connectivity index (χ0) is 5.70. The van der Waals surface area contributed by atoms with Crippen LogP contribution >= 0.6 is 0 Å². The van der Waals surface area contributed by atoms with E-state index in [1.165, 1.54) is 0 Å². The molecule has 0 fully saturated rings. The molecule has 0 aromatic carbocycles. The van der Waals surface area contributed by atoms with Gasteiger partial charge in [0.15, 0.2) is 0 Å². The highest BCUT2D eigenvalue weighted by Gasteiger charge is 1.87. The number of aliphatic hydroxyl groups is 1. The number of aliphatic hydroxyl groups excluding tert-OH is 1. The van der Waals surface area contributed by atoms with Crippen LogP contribution in [0.25, 0.3) is 0 Å². The third-order valence-corrected chi connectivity index (χ3v) is 0.472. The van der Waals surface area contributed by atoms with Crippen molar-refractivity contribution in [1.82, 2.24) is 6.15 Å². The normalized spacial score (nSPS) is 12.4. The second-order valence-corrected chi connectivity index (χ2v) is 1.30. The Morgan fingerprint density at radius 1 is 1.75 bits per heavy atom. The Kier molecular flexibility index (Phi) is 9.20. The molecule has 4 nitrogen and oxygen atoms in total. The van der Waals surface area contributed by atoms with Crippen LogP contribution < -0.4 is 11.9 Å². The van der Waals surface area contributed by atoms with Crippen LogP contribution in [0.3, 0.4) is 0 Å². The van der Waals surface area contributed by atoms with Crippen LogP contribution in [0.15, 0.2) is 0 Å². The summed E-state index contributed by atoms with van der Waals surface area (Å²) in [6.07, 6.45) is -0.257. The highest BCUT2D eigenvalue weighted by atomic mass is 16.5. The molecule has 0 aliphatic heterocycles. The molecule has 0 spiro atoms. The van der Waals surface area contributed by atoms with Gasteiger partial charge in [0.05, 0.1) is 13.2 Å². The SMILES string of the molecule is CC(N)OCCO.N. The third kappa shape index (κ3) is 9.28. The molecule has 0 aliphatic carbocycles. The Morgan fingerprint density at radius 2 is 2.25 bits per heavy atom. The van der Waals surface area contributed by atoms with Gasteiger partial charge in [-0.05, 0) is 6.92 Å². The van der Waals surface area contributed by atoms with E-state index < -0.39 is 0 Å². The molecule has 0 radical (unpaired) electrons. The Bertz CT molecular complexity index is 41.0. The molecular weight excluding hydrogens is 108 g/mol. The predicted molar refractivity (Wildman–Crippen MR) is 31.7 cm³/mol. The minimum atomic E-state index is -0.257. The molecule has 6 N–H and O–H groups in total. The van der Waals surface area contributed by atoms with E-state index in [0.717, 1.165) is 0 Å². The van der Waals surface area contributed by atoms with E-state index in [1.807, 2.05) is 0 Å². The van der Waals surface area contributed by atoms with Crippen LogP contribution in [-0.2, 0) is 4.74 Å². The number of ether oxygens (including phenoxy) is 1. The quantitative estimate of drug-likeness (QED) is 0.438. The number of nitrogens with two attached hydrogens (primary N) is 1. The average molecular weight is 122 g/mol. The van der Waals surface area contributed by atoms with Crippen LogP contribution in [0.4, 0.5) is 0 Å². The van der Waals surface area contributed by atoms with Gasteiger partial charge in [-0.3, -0.25) is 0 Å². The minimum absolute atomic E-state index is 0. The van der Waals surface area contributed by atoms with Crippen molar-refractivity contribution in [2.75, 3.05) is 13.2 Å². The van der Waals surface area contributed by atoms with Crippen molar-refractivity contribution in [3.8, 4) is 0 Å². The Labute approximate surface area is 49.2 Å². The molecule has 0 saturated heterocycles. The summed E-state index contributed by atoms with van der Waals surface area (Å²) < 4.78 is 4.72. The van der Waals surface area contributed by atoms with E-state index in [-0.39, 0.29) is 19.0 Å². The molecule has 0 rings (SSSR count). The van der Waals surface area contributed by atoms with Crippen LogP contribution in [0.5, 0.6) is 0 Å².